The third-order valence-corrected chi connectivity index (χ3v) is 4.21. The number of carboxylic acids is 1. The second-order valence-electron chi connectivity index (χ2n) is 4.83. The second-order valence-corrected chi connectivity index (χ2v) is 6.15. The maximum absolute atomic E-state index is 11.9. The van der Waals surface area contributed by atoms with Gasteiger partial charge in [-0.05, 0) is 12.8 Å². The van der Waals surface area contributed by atoms with Crippen LogP contribution < -0.4 is 5.32 Å². The number of aromatic nitrogens is 1. The highest BCUT2D eigenvalue weighted by atomic mass is 32.1. The molecule has 2 atom stereocenters. The lowest BCUT2D eigenvalue weighted by Crippen LogP contribution is -2.38. The first-order valence-electron chi connectivity index (χ1n) is 6.14. The summed E-state index contributed by atoms with van der Waals surface area (Å²) in [5.74, 6) is -1.30. The average molecular weight is 283 g/mol. The first-order chi connectivity index (χ1) is 8.97. The number of rotatable bonds is 3. The largest absolute Gasteiger partial charge is 0.481 e. The molecule has 0 aromatic carbocycles. The maximum atomic E-state index is 11.9. The van der Waals surface area contributed by atoms with Crippen LogP contribution >= 0.6 is 11.3 Å². The van der Waals surface area contributed by atoms with E-state index in [-0.39, 0.29) is 18.5 Å². The highest BCUT2D eigenvalue weighted by Crippen LogP contribution is 2.23. The molecule has 1 aliphatic heterocycles. The summed E-state index contributed by atoms with van der Waals surface area (Å²) in [7, 11) is 0. The topological polar surface area (TPSA) is 82.5 Å². The number of nitrogens with zero attached hydrogens (tertiary/aromatic N) is 2. The van der Waals surface area contributed by atoms with Crippen molar-refractivity contribution in [3.8, 4) is 0 Å². The van der Waals surface area contributed by atoms with Gasteiger partial charge in [0.2, 0.25) is 0 Å². The van der Waals surface area contributed by atoms with E-state index < -0.39 is 11.9 Å². The zero-order chi connectivity index (χ0) is 14.0. The minimum absolute atomic E-state index is 0.00565. The minimum Gasteiger partial charge on any atom is -0.481 e. The number of hydrogen-bond donors (Lipinski definition) is 2. The second kappa shape index (κ2) is 5.56. The number of carbonyl (C=O) groups is 2. The van der Waals surface area contributed by atoms with Gasteiger partial charge in [0.1, 0.15) is 0 Å². The van der Waals surface area contributed by atoms with E-state index in [1.165, 1.54) is 11.3 Å². The third-order valence-electron chi connectivity index (χ3n) is 3.30. The number of hydrogen-bond acceptors (Lipinski definition) is 4. The van der Waals surface area contributed by atoms with E-state index in [0.29, 0.717) is 13.1 Å². The fraction of sp³-hybridized carbons (Fsp3) is 0.583. The SMILES string of the molecule is Cc1ncc(CNC(=O)N2C[C@@H](C)[C@H](C(=O)O)C2)s1. The molecular formula is C12H17N3O3S. The molecule has 2 N–H and O–H groups in total. The Kier molecular flexibility index (Phi) is 4.04. The normalized spacial score (nSPS) is 22.5. The Morgan fingerprint density at radius 1 is 1.58 bits per heavy atom. The van der Waals surface area contributed by atoms with Crippen LogP contribution in [0.15, 0.2) is 6.20 Å². The summed E-state index contributed by atoms with van der Waals surface area (Å²) in [6, 6.07) is -0.207. The molecule has 0 spiro atoms. The summed E-state index contributed by atoms with van der Waals surface area (Å²) in [5.41, 5.74) is 0. The van der Waals surface area contributed by atoms with Crippen molar-refractivity contribution < 1.29 is 14.7 Å². The van der Waals surface area contributed by atoms with Gasteiger partial charge in [0.25, 0.3) is 0 Å². The number of thiazole rings is 1. The van der Waals surface area contributed by atoms with Crippen molar-refractivity contribution in [3.63, 3.8) is 0 Å². The van der Waals surface area contributed by atoms with Crippen molar-refractivity contribution in [1.82, 2.24) is 15.2 Å². The molecule has 0 radical (unpaired) electrons. The smallest absolute Gasteiger partial charge is 0.317 e. The van der Waals surface area contributed by atoms with Gasteiger partial charge in [-0.1, -0.05) is 6.92 Å². The van der Waals surface area contributed by atoms with E-state index in [0.717, 1.165) is 9.88 Å². The predicted molar refractivity (Wildman–Crippen MR) is 70.9 cm³/mol. The predicted octanol–water partition coefficient (Wildman–Crippen LogP) is 1.31. The Morgan fingerprint density at radius 2 is 2.32 bits per heavy atom. The monoisotopic (exact) mass is 283 g/mol. The molecule has 0 unspecified atom stereocenters. The van der Waals surface area contributed by atoms with Gasteiger partial charge in [-0.2, -0.15) is 0 Å². The lowest BCUT2D eigenvalue weighted by atomic mass is 9.99. The van der Waals surface area contributed by atoms with Crippen molar-refractivity contribution in [3.05, 3.63) is 16.1 Å². The quantitative estimate of drug-likeness (QED) is 0.876. The molecule has 2 heterocycles. The van der Waals surface area contributed by atoms with Crippen LogP contribution in [0, 0.1) is 18.8 Å². The number of carbonyl (C=O) groups excluding carboxylic acids is 1. The van der Waals surface area contributed by atoms with Gasteiger partial charge in [0.05, 0.1) is 17.5 Å². The molecule has 2 rings (SSSR count). The molecule has 1 aromatic rings. The lowest BCUT2D eigenvalue weighted by molar-refractivity contribution is -0.142. The van der Waals surface area contributed by atoms with Crippen molar-refractivity contribution in [2.45, 2.75) is 20.4 Å². The van der Waals surface area contributed by atoms with Crippen LogP contribution in [-0.2, 0) is 11.3 Å². The summed E-state index contributed by atoms with van der Waals surface area (Å²) in [6.07, 6.45) is 1.74. The molecule has 19 heavy (non-hydrogen) atoms. The number of nitrogens with one attached hydrogen (secondary N) is 1. The standard InChI is InChI=1S/C12H17N3O3S/c1-7-5-15(6-10(7)11(16)17)12(18)14-4-9-3-13-8(2)19-9/h3,7,10H,4-6H2,1-2H3,(H,14,18)(H,16,17)/t7-,10-/m1/s1. The van der Waals surface area contributed by atoms with Gasteiger partial charge in [-0.15, -0.1) is 11.3 Å². The fourth-order valence-electron chi connectivity index (χ4n) is 2.22. The zero-order valence-corrected chi connectivity index (χ0v) is 11.7. The van der Waals surface area contributed by atoms with Crippen LogP contribution in [0.4, 0.5) is 4.79 Å². The minimum atomic E-state index is -0.833. The molecule has 0 saturated carbocycles. The maximum Gasteiger partial charge on any atom is 0.317 e. The fourth-order valence-corrected chi connectivity index (χ4v) is 2.95. The van der Waals surface area contributed by atoms with Gasteiger partial charge in [-0.3, -0.25) is 4.79 Å². The number of aryl methyl sites for hydroxylation is 1. The number of aliphatic carboxylic acids is 1. The molecule has 1 aliphatic rings. The highest BCUT2D eigenvalue weighted by molar-refractivity contribution is 7.11. The zero-order valence-electron chi connectivity index (χ0n) is 10.9. The molecule has 1 fully saturated rings. The van der Waals surface area contributed by atoms with E-state index in [4.69, 9.17) is 5.11 Å². The number of carboxylic acid groups (broad SMARTS) is 1. The highest BCUT2D eigenvalue weighted by Gasteiger charge is 2.36. The van der Waals surface area contributed by atoms with Crippen LogP contribution in [0.25, 0.3) is 0 Å². The third kappa shape index (κ3) is 3.23. The van der Waals surface area contributed by atoms with Gasteiger partial charge in [-0.25, -0.2) is 9.78 Å². The molecule has 7 heteroatoms. The summed E-state index contributed by atoms with van der Waals surface area (Å²) in [6.45, 7) is 4.98. The Balaban J connectivity index is 1.86. The first kappa shape index (κ1) is 13.8. The van der Waals surface area contributed by atoms with Gasteiger partial charge in [0.15, 0.2) is 0 Å². The number of likely N-dealkylation sites (tertiary alicyclic amines) is 1. The van der Waals surface area contributed by atoms with Crippen molar-refractivity contribution in [2.24, 2.45) is 11.8 Å². The van der Waals surface area contributed by atoms with Crippen LogP contribution in [-0.4, -0.2) is 40.1 Å². The van der Waals surface area contributed by atoms with Crippen molar-refractivity contribution in [1.29, 1.82) is 0 Å². The molecule has 6 nitrogen and oxygen atoms in total. The van der Waals surface area contributed by atoms with Crippen molar-refractivity contribution in [2.75, 3.05) is 13.1 Å². The molecular weight excluding hydrogens is 266 g/mol. The van der Waals surface area contributed by atoms with Gasteiger partial charge in [0, 0.05) is 24.2 Å². The van der Waals surface area contributed by atoms with E-state index in [9.17, 15) is 9.59 Å². The molecule has 1 aromatic heterocycles. The summed E-state index contributed by atoms with van der Waals surface area (Å²) in [5, 5.41) is 12.8. The average Bonchev–Trinajstić information content (AvgIpc) is 2.92. The Hall–Kier alpha value is -1.63. The number of urea groups is 1. The first-order valence-corrected chi connectivity index (χ1v) is 6.96. The summed E-state index contributed by atoms with van der Waals surface area (Å²) < 4.78 is 0. The molecule has 104 valence electrons. The molecule has 1 saturated heterocycles. The molecule has 0 bridgehead atoms. The van der Waals surface area contributed by atoms with Crippen LogP contribution in [0.3, 0.4) is 0 Å². The summed E-state index contributed by atoms with van der Waals surface area (Å²) in [4.78, 5) is 29.6. The van der Waals surface area contributed by atoms with E-state index >= 15 is 0 Å². The Labute approximate surface area is 115 Å². The van der Waals surface area contributed by atoms with Gasteiger partial charge < -0.3 is 15.3 Å². The van der Waals surface area contributed by atoms with Crippen molar-refractivity contribution >= 4 is 23.3 Å². The van der Waals surface area contributed by atoms with E-state index in [1.54, 1.807) is 11.1 Å². The van der Waals surface area contributed by atoms with Crippen LogP contribution in [0.2, 0.25) is 0 Å². The Bertz CT molecular complexity index is 488. The molecule has 2 amide bonds. The van der Waals surface area contributed by atoms with E-state index in [2.05, 4.69) is 10.3 Å². The van der Waals surface area contributed by atoms with Crippen LogP contribution in [0.5, 0.6) is 0 Å². The Morgan fingerprint density at radius 3 is 2.84 bits per heavy atom. The number of amides is 2. The van der Waals surface area contributed by atoms with Crippen LogP contribution in [0.1, 0.15) is 16.8 Å². The van der Waals surface area contributed by atoms with E-state index in [1.807, 2.05) is 13.8 Å². The summed E-state index contributed by atoms with van der Waals surface area (Å²) >= 11 is 1.54. The molecule has 0 aliphatic carbocycles. The van der Waals surface area contributed by atoms with Gasteiger partial charge >= 0.3 is 12.0 Å². The lowest BCUT2D eigenvalue weighted by Gasteiger charge is -2.16.